The monoisotopic (exact) mass is 1920 g/mol. The molecule has 0 saturated carbocycles. The van der Waals surface area contributed by atoms with Crippen molar-refractivity contribution in [3.63, 3.8) is 0 Å². The molecule has 5 fully saturated rings. The normalized spacial score (nSPS) is 21.8. The molecule has 45 heteroatoms. The van der Waals surface area contributed by atoms with Gasteiger partial charge in [0.1, 0.15) is 34.9 Å². The Labute approximate surface area is 782 Å². The predicted molar refractivity (Wildman–Crippen MR) is 458 cm³/mol. The summed E-state index contributed by atoms with van der Waals surface area (Å²) in [6, 6.07) is 11.7. The minimum Gasteiger partial charge on any atom is -1.00 e. The molecule has 0 bridgehead atoms. The Bertz CT molecular complexity index is 6580. The Balaban J connectivity index is 0.000000121. The van der Waals surface area contributed by atoms with E-state index >= 15 is 0 Å². The average Bonchev–Trinajstić information content (AvgIpc) is 1.54. The fourth-order valence-corrected chi connectivity index (χ4v) is 20.3. The van der Waals surface area contributed by atoms with E-state index < -0.39 is 76.5 Å². The van der Waals surface area contributed by atoms with Crippen molar-refractivity contribution in [2.24, 2.45) is 4.30 Å². The molecule has 4 amide bonds. The third-order valence-electron chi connectivity index (χ3n) is 26.3. The van der Waals surface area contributed by atoms with Crippen LogP contribution < -0.4 is 72.7 Å². The first kappa shape index (κ1) is 94.4. The van der Waals surface area contributed by atoms with Gasteiger partial charge in [-0.15, -0.1) is 0 Å². The predicted octanol–water partition coefficient (Wildman–Crippen LogP) is 2.16. The largest absolute Gasteiger partial charge is 1.00 e. The molecule has 1 N–H and O–H groups in total. The smallest absolute Gasteiger partial charge is 1.00 e. The van der Waals surface area contributed by atoms with Crippen LogP contribution in [0.4, 0.5) is 26.3 Å². The third kappa shape index (κ3) is 16.2. The first-order valence-corrected chi connectivity index (χ1v) is 43.3. The van der Waals surface area contributed by atoms with Gasteiger partial charge in [0.2, 0.25) is 21.7 Å². The maximum absolute atomic E-state index is 14.1. The van der Waals surface area contributed by atoms with Crippen molar-refractivity contribution >= 4 is 72.6 Å². The van der Waals surface area contributed by atoms with Crippen LogP contribution >= 0.6 is 28.7 Å². The van der Waals surface area contributed by atoms with E-state index in [0.717, 1.165) is 72.8 Å². The number of benzene rings is 3. The number of methoxy groups -OCH3 is 3. The van der Waals surface area contributed by atoms with Gasteiger partial charge in [0.05, 0.1) is 131 Å². The molecule has 3 aromatic carbocycles. The second-order valence-electron chi connectivity index (χ2n) is 33.9. The Morgan fingerprint density at radius 1 is 0.492 bits per heavy atom. The summed E-state index contributed by atoms with van der Waals surface area (Å²) < 4.78 is 147. The topological polar surface area (TPSA) is 338 Å². The van der Waals surface area contributed by atoms with Crippen LogP contribution in [0.5, 0.6) is 23.0 Å². The zero-order chi connectivity index (χ0) is 91.7. The standard InChI is InChI=1S/C23H20F2N4O4.C22H18F2N4O4.C16H19BF2N2O2.C13H13BrN2O4.C13H14N2O4.BHNS.ClH.Li/c1-32-21-19-22(31)28-6-7-33-23(28)17-5-4-16(29(17)19)18(20(21)30)13-9-26-27(11-13)10-12-2-3-14(24)8-15(12)25;23-13-2-1-11(14(24)7-13)9-26-10-12(8-25-26)17-15-3-4-16-22-27(5-6-32-22)21(31)18(28(15)16)20(30)19(17)29;1-15(2)16(3,4)23-17(22-15)12-8-20-21(10-12)9-11-5-6-13(18)7-14(11)19;1-19-11-9-12(18)15-4-5-20-13(15)7-3-2-6(16(7)9)8(14)10(11)17;1-18-11-9(16)6-7-2-3-8-13-14(4-5-19-13)12(17)10(11)15(7)8;1-2-3;;/h2-3,8-9,11,17,23H,4-7,10H2,1H3;1-2,7-8,10,16,22,30H,3-6,9H2;5-8,10H,9H2,1-4H3;7,13H,2-5H2,1H3;6,8,13H,2-5H2,1H3;3H;1H;/q;;;;;;;+1/p-1. The van der Waals surface area contributed by atoms with Crippen LogP contribution in [0.1, 0.15) is 159 Å². The maximum Gasteiger partial charge on any atom is 1.00 e. The molecule has 13 aliphatic heterocycles. The van der Waals surface area contributed by atoms with E-state index in [1.54, 1.807) is 59.7 Å². The summed E-state index contributed by atoms with van der Waals surface area (Å²) in [5.41, 5.74) is 5.29. The van der Waals surface area contributed by atoms with Crippen molar-refractivity contribution in [2.45, 2.75) is 159 Å². The summed E-state index contributed by atoms with van der Waals surface area (Å²) in [4.78, 5) is 109. The number of carbonyl (C=O) groups excluding carboxylic acids is 4. The number of pyridine rings is 4. The molecule has 685 valence electrons. The summed E-state index contributed by atoms with van der Waals surface area (Å²) in [6.45, 7) is 12.3. The second kappa shape index (κ2) is 37.2. The minimum atomic E-state index is -0.686. The first-order chi connectivity index (χ1) is 62.4. The van der Waals surface area contributed by atoms with Crippen LogP contribution in [-0.4, -0.2) is 221 Å². The Morgan fingerprint density at radius 3 is 1.26 bits per heavy atom. The summed E-state index contributed by atoms with van der Waals surface area (Å²) in [5, 5.41) is 23.4. The van der Waals surface area contributed by atoms with E-state index in [0.29, 0.717) is 116 Å². The van der Waals surface area contributed by atoms with E-state index in [1.165, 1.54) is 79.5 Å². The van der Waals surface area contributed by atoms with Crippen LogP contribution in [0, 0.1) is 34.9 Å². The molecule has 0 aliphatic carbocycles. The molecule has 33 nitrogen and oxygen atoms in total. The SMILES string of the molecule is CC1(C)OB(c2cnn(Cc3ccc(F)cc3F)c2)OC1(C)C.COc1c2n3c(c(-c4cnn(Cc5ccc(F)cc5F)c4)c1=O)CCC3C1OCCN1C2=O.COc1c2n3c(c(Br)c1=O)CCC3C1OCCN1C2=O.COc1c2n3c(cc1=O)CCC3C1OCCN1C2=O.O=C1c2c(O)c(=O)c(-c3cnn(Cc4ccc(F)cc4F)c3)c3n2C(CC3)C2OCCN12.[B]=NS.[Cl-].[Li+]. The fraction of sp³-hybridized carbons (Fsp3) is 0.414. The van der Waals surface area contributed by atoms with Crippen LogP contribution in [0.3, 0.4) is 0 Å². The molecule has 20 heterocycles. The quantitative estimate of drug-likeness (QED) is 0.101. The third-order valence-corrected chi connectivity index (χ3v) is 27.1. The van der Waals surface area contributed by atoms with Crippen LogP contribution in [0.15, 0.2) is 126 Å². The maximum atomic E-state index is 14.1. The molecule has 1 radical (unpaired) electrons. The molecule has 13 aliphatic rings. The Kier molecular flexibility index (Phi) is 26.6. The van der Waals surface area contributed by atoms with E-state index in [1.807, 2.05) is 41.4 Å². The van der Waals surface area contributed by atoms with Gasteiger partial charge in [-0.2, -0.15) is 15.3 Å². The number of rotatable bonds is 12. The average molecular weight is 1920 g/mol. The van der Waals surface area contributed by atoms with Crippen molar-refractivity contribution in [3.8, 4) is 45.3 Å². The molecule has 132 heavy (non-hydrogen) atoms. The molecule has 7 aromatic heterocycles. The molecule has 8 atom stereocenters. The molecule has 8 unspecified atom stereocenters. The number of nitrogens with zero attached hydrogens (tertiary/aromatic N) is 15. The summed E-state index contributed by atoms with van der Waals surface area (Å²) in [7, 11) is 8.07. The molecule has 5 saturated heterocycles. The summed E-state index contributed by atoms with van der Waals surface area (Å²) in [5.74, 6) is -5.13. The summed E-state index contributed by atoms with van der Waals surface area (Å²) >= 11 is 6.54. The number of aromatic hydroxyl groups is 1. The molecular weight excluding hydrogens is 1830 g/mol. The van der Waals surface area contributed by atoms with Crippen LogP contribution in [-0.2, 0) is 73.6 Å². The van der Waals surface area contributed by atoms with Gasteiger partial charge in [-0.1, -0.05) is 18.2 Å². The first-order valence-electron chi connectivity index (χ1n) is 42.1. The van der Waals surface area contributed by atoms with Gasteiger partial charge in [-0.25, -0.2) is 26.3 Å². The van der Waals surface area contributed by atoms with Gasteiger partial charge in [0.15, 0.2) is 70.7 Å². The number of carbonyl (C=O) groups is 4. The van der Waals surface area contributed by atoms with Gasteiger partial charge in [0.25, 0.3) is 23.6 Å². The molecule has 23 rings (SSSR count). The zero-order valence-corrected chi connectivity index (χ0v) is 75.7. The van der Waals surface area contributed by atoms with E-state index in [-0.39, 0.29) is 173 Å². The van der Waals surface area contributed by atoms with Crippen molar-refractivity contribution in [2.75, 3.05) is 73.9 Å². The number of halogens is 8. The second-order valence-corrected chi connectivity index (χ2v) is 34.9. The van der Waals surface area contributed by atoms with Crippen molar-refractivity contribution < 1.29 is 124 Å². The van der Waals surface area contributed by atoms with Crippen molar-refractivity contribution in [3.05, 3.63) is 240 Å². The Hall–Kier alpha value is -10.8. The van der Waals surface area contributed by atoms with E-state index in [9.17, 15) is 69.8 Å². The number of fused-ring (bicyclic) bond motifs is 8. The van der Waals surface area contributed by atoms with Crippen molar-refractivity contribution in [1.82, 2.24) is 67.2 Å². The number of hydrogen-bond acceptors (Lipinski definition) is 23. The number of hydrogen-bond donors (Lipinski definition) is 2. The molecular formula is C87H85B2BrClF6LiN15O18S. The number of amides is 4. The zero-order valence-electron chi connectivity index (χ0n) is 72.5. The minimum absolute atomic E-state index is 0. The Morgan fingerprint density at radius 2 is 0.841 bits per heavy atom. The number of thiol groups is 1. The van der Waals surface area contributed by atoms with E-state index in [4.69, 9.17) is 42.5 Å². The summed E-state index contributed by atoms with van der Waals surface area (Å²) in [6.07, 6.45) is 14.4. The van der Waals surface area contributed by atoms with Gasteiger partial charge in [0, 0.05) is 131 Å². The van der Waals surface area contributed by atoms with Crippen LogP contribution in [0.25, 0.3) is 22.3 Å². The fourth-order valence-electron chi connectivity index (χ4n) is 19.7. The van der Waals surface area contributed by atoms with Crippen LogP contribution in [0.2, 0.25) is 0 Å². The number of aryl methyl sites for hydroxylation is 1. The number of aromatic nitrogens is 10. The van der Waals surface area contributed by atoms with E-state index in [2.05, 4.69) is 56.0 Å². The van der Waals surface area contributed by atoms with Gasteiger partial charge >= 0.3 is 50.7 Å². The van der Waals surface area contributed by atoms with Crippen molar-refractivity contribution in [1.29, 1.82) is 0 Å². The molecule has 10 aromatic rings. The number of ether oxygens (including phenoxy) is 7. The van der Waals surface area contributed by atoms with Gasteiger partial charge in [-0.3, -0.25) is 52.4 Å². The van der Waals surface area contributed by atoms with Gasteiger partial charge in [-0.05, 0) is 113 Å². The molecule has 0 spiro atoms. The van der Waals surface area contributed by atoms with Gasteiger partial charge < -0.3 is 97.8 Å².